The first-order valence-electron chi connectivity index (χ1n) is 10.6. The summed E-state index contributed by atoms with van der Waals surface area (Å²) in [5.41, 5.74) is 6.87. The van der Waals surface area contributed by atoms with Crippen LogP contribution in [0.5, 0.6) is 0 Å². The Kier molecular flexibility index (Phi) is 6.07. The Morgan fingerprint density at radius 3 is 2.46 bits per heavy atom. The van der Waals surface area contributed by atoms with Crippen molar-refractivity contribution < 1.29 is 25.3 Å². The minimum absolute atomic E-state index is 0.0764. The number of aromatic amines is 1. The number of sulfone groups is 1. The summed E-state index contributed by atoms with van der Waals surface area (Å²) in [6.45, 7) is -0.425. The molecule has 5 rings (SSSR count). The standard InChI is InChI=1S/C19H20N8O6S4/c1-35(28,29)10-7-8-27(9-10)37(32,33)14-6-5-11(12-3-2-4-13-16(12)22-19(20)34-13)15(17(14)36(21,30)31)18-23-25-26-24-18/h2-6,10H,7-9H2,1H3,(H2,20,22)(H2,21,30,31)(H,23,24,25,26). The zero-order valence-electron chi connectivity index (χ0n) is 19.1. The van der Waals surface area contributed by atoms with Gasteiger partial charge < -0.3 is 5.73 Å². The molecule has 0 bridgehead atoms. The van der Waals surface area contributed by atoms with Gasteiger partial charge in [-0.1, -0.05) is 29.5 Å². The van der Waals surface area contributed by atoms with Crippen LogP contribution in [0.4, 0.5) is 5.13 Å². The molecular formula is C19H20N8O6S4. The van der Waals surface area contributed by atoms with Crippen molar-refractivity contribution in [2.45, 2.75) is 21.5 Å². The normalized spacial score (nSPS) is 17.5. The van der Waals surface area contributed by atoms with E-state index in [2.05, 4.69) is 25.6 Å². The fraction of sp³-hybridized carbons (Fsp3) is 0.263. The molecule has 18 heteroatoms. The molecule has 5 N–H and O–H groups in total. The maximum Gasteiger partial charge on any atom is 0.244 e. The van der Waals surface area contributed by atoms with Crippen LogP contribution in [0, 0.1) is 0 Å². The number of nitrogens with one attached hydrogen (secondary N) is 1. The molecule has 0 radical (unpaired) electrons. The van der Waals surface area contributed by atoms with Gasteiger partial charge in [0.2, 0.25) is 20.0 Å². The monoisotopic (exact) mass is 584 g/mol. The highest BCUT2D eigenvalue weighted by Gasteiger charge is 2.40. The van der Waals surface area contributed by atoms with E-state index in [-0.39, 0.29) is 41.6 Å². The molecule has 196 valence electrons. The molecule has 4 aromatic rings. The van der Waals surface area contributed by atoms with Gasteiger partial charge in [0.15, 0.2) is 20.8 Å². The minimum Gasteiger partial charge on any atom is -0.375 e. The lowest BCUT2D eigenvalue weighted by Crippen LogP contribution is -2.33. The number of aromatic nitrogens is 5. The molecular weight excluding hydrogens is 565 g/mol. The second kappa shape index (κ2) is 8.77. The Labute approximate surface area is 215 Å². The zero-order valence-corrected chi connectivity index (χ0v) is 22.3. The molecule has 3 heterocycles. The van der Waals surface area contributed by atoms with Crippen LogP contribution in [0.1, 0.15) is 6.42 Å². The smallest absolute Gasteiger partial charge is 0.244 e. The van der Waals surface area contributed by atoms with Gasteiger partial charge in [-0.2, -0.15) is 4.31 Å². The molecule has 1 aliphatic rings. The molecule has 1 atom stereocenters. The molecule has 14 nitrogen and oxygen atoms in total. The summed E-state index contributed by atoms with van der Waals surface area (Å²) < 4.78 is 79.0. The fourth-order valence-electron chi connectivity index (χ4n) is 4.36. The van der Waals surface area contributed by atoms with E-state index in [0.717, 1.165) is 21.3 Å². The van der Waals surface area contributed by atoms with Crippen LogP contribution in [0.2, 0.25) is 0 Å². The maximum absolute atomic E-state index is 13.7. The number of rotatable bonds is 6. The molecule has 37 heavy (non-hydrogen) atoms. The Hall–Kier alpha value is -3.03. The number of para-hydroxylation sites is 1. The lowest BCUT2D eigenvalue weighted by Gasteiger charge is -2.21. The molecule has 1 saturated heterocycles. The topological polar surface area (TPSA) is 225 Å². The van der Waals surface area contributed by atoms with Gasteiger partial charge in [0, 0.05) is 24.9 Å². The van der Waals surface area contributed by atoms with Crippen molar-refractivity contribution >= 4 is 56.6 Å². The van der Waals surface area contributed by atoms with Crippen molar-refractivity contribution in [2.24, 2.45) is 5.14 Å². The molecule has 2 aromatic carbocycles. The van der Waals surface area contributed by atoms with E-state index in [1.807, 2.05) is 0 Å². The van der Waals surface area contributed by atoms with Crippen molar-refractivity contribution in [3.63, 3.8) is 0 Å². The molecule has 1 aliphatic heterocycles. The summed E-state index contributed by atoms with van der Waals surface area (Å²) in [5.74, 6) is -0.147. The number of tetrazole rings is 1. The summed E-state index contributed by atoms with van der Waals surface area (Å²) >= 11 is 1.22. The van der Waals surface area contributed by atoms with Crippen LogP contribution in [0.15, 0.2) is 40.1 Å². The SMILES string of the molecule is CS(=O)(=O)C1CCN(S(=O)(=O)c2ccc(-c3cccc4sc(N)nc34)c(-c3nnn[nH]3)c2S(N)(=O)=O)C1. The van der Waals surface area contributed by atoms with Crippen LogP contribution >= 0.6 is 11.3 Å². The molecule has 2 aromatic heterocycles. The van der Waals surface area contributed by atoms with E-state index in [0.29, 0.717) is 11.1 Å². The van der Waals surface area contributed by atoms with E-state index in [1.54, 1.807) is 18.2 Å². The van der Waals surface area contributed by atoms with E-state index in [4.69, 9.17) is 10.9 Å². The molecule has 1 unspecified atom stereocenters. The fourth-order valence-corrected chi connectivity index (χ4v) is 9.28. The van der Waals surface area contributed by atoms with Crippen molar-refractivity contribution in [3.05, 3.63) is 30.3 Å². The molecule has 0 spiro atoms. The van der Waals surface area contributed by atoms with Gasteiger partial charge in [0.05, 0.1) is 21.0 Å². The second-order valence-corrected chi connectivity index (χ2v) is 15.2. The summed E-state index contributed by atoms with van der Waals surface area (Å²) in [5, 5.41) is 18.3. The van der Waals surface area contributed by atoms with Gasteiger partial charge in [-0.3, -0.25) is 0 Å². The number of thiazole rings is 1. The van der Waals surface area contributed by atoms with Crippen molar-refractivity contribution in [1.82, 2.24) is 29.9 Å². The number of benzene rings is 2. The Morgan fingerprint density at radius 1 is 1.08 bits per heavy atom. The third kappa shape index (κ3) is 4.48. The lowest BCUT2D eigenvalue weighted by atomic mass is 9.98. The number of nitrogens with zero attached hydrogens (tertiary/aromatic N) is 5. The number of nitrogens with two attached hydrogens (primary N) is 2. The Balaban J connectivity index is 1.81. The second-order valence-electron chi connectivity index (χ2n) is 8.42. The Bertz CT molecular complexity index is 1850. The van der Waals surface area contributed by atoms with Gasteiger partial charge in [-0.25, -0.2) is 40.5 Å². The summed E-state index contributed by atoms with van der Waals surface area (Å²) in [6.07, 6.45) is 1.10. The summed E-state index contributed by atoms with van der Waals surface area (Å²) in [4.78, 5) is 2.99. The highest BCUT2D eigenvalue weighted by molar-refractivity contribution is 7.93. The number of H-pyrrole nitrogens is 1. The number of primary sulfonamides is 1. The highest BCUT2D eigenvalue weighted by Crippen LogP contribution is 2.42. The first-order valence-corrected chi connectivity index (χ1v) is 16.3. The number of hydrogen-bond acceptors (Lipinski definition) is 12. The number of hydrogen-bond donors (Lipinski definition) is 3. The largest absolute Gasteiger partial charge is 0.375 e. The van der Waals surface area contributed by atoms with Gasteiger partial charge in [0.25, 0.3) is 0 Å². The molecule has 1 fully saturated rings. The van der Waals surface area contributed by atoms with Crippen LogP contribution < -0.4 is 10.9 Å². The number of anilines is 1. The zero-order chi connectivity index (χ0) is 26.8. The lowest BCUT2D eigenvalue weighted by molar-refractivity contribution is 0.474. The van der Waals surface area contributed by atoms with Crippen LogP contribution in [-0.4, -0.2) is 79.8 Å². The highest BCUT2D eigenvalue weighted by atomic mass is 32.2. The molecule has 0 amide bonds. The van der Waals surface area contributed by atoms with Crippen molar-refractivity contribution in [1.29, 1.82) is 0 Å². The molecule has 0 aliphatic carbocycles. The Morgan fingerprint density at radius 2 is 1.84 bits per heavy atom. The predicted molar refractivity (Wildman–Crippen MR) is 136 cm³/mol. The first-order chi connectivity index (χ1) is 17.3. The quantitative estimate of drug-likeness (QED) is 0.277. The number of sulfonamides is 2. The van der Waals surface area contributed by atoms with E-state index in [9.17, 15) is 25.3 Å². The first kappa shape index (κ1) is 25.6. The maximum atomic E-state index is 13.7. The van der Waals surface area contributed by atoms with Gasteiger partial charge in [-0.05, 0) is 34.5 Å². The third-order valence-corrected chi connectivity index (χ3v) is 11.5. The third-order valence-electron chi connectivity index (χ3n) is 6.04. The number of nitrogen functional groups attached to an aromatic ring is 1. The van der Waals surface area contributed by atoms with Crippen LogP contribution in [0.3, 0.4) is 0 Å². The van der Waals surface area contributed by atoms with Crippen molar-refractivity contribution in [3.8, 4) is 22.5 Å². The van der Waals surface area contributed by atoms with Crippen LogP contribution in [-0.2, 0) is 29.9 Å². The predicted octanol–water partition coefficient (Wildman–Crippen LogP) is 0.181. The van der Waals surface area contributed by atoms with Gasteiger partial charge in [0.1, 0.15) is 9.79 Å². The average Bonchev–Trinajstić information content (AvgIpc) is 3.56. The average molecular weight is 585 g/mol. The van der Waals surface area contributed by atoms with E-state index >= 15 is 0 Å². The van der Waals surface area contributed by atoms with E-state index < -0.39 is 44.9 Å². The van der Waals surface area contributed by atoms with E-state index in [1.165, 1.54) is 17.4 Å². The molecule has 0 saturated carbocycles. The van der Waals surface area contributed by atoms with Gasteiger partial charge >= 0.3 is 0 Å². The minimum atomic E-state index is -4.71. The van der Waals surface area contributed by atoms with Gasteiger partial charge in [-0.15, -0.1) is 5.10 Å². The van der Waals surface area contributed by atoms with Crippen LogP contribution in [0.25, 0.3) is 32.7 Å². The summed E-state index contributed by atoms with van der Waals surface area (Å²) in [7, 11) is -12.7. The summed E-state index contributed by atoms with van der Waals surface area (Å²) in [6, 6.07) is 7.71. The van der Waals surface area contributed by atoms with Crippen molar-refractivity contribution in [2.75, 3.05) is 25.1 Å². The number of fused-ring (bicyclic) bond motifs is 1.